The lowest BCUT2D eigenvalue weighted by Crippen LogP contribution is -2.57. The molecule has 2 aromatic heterocycles. The van der Waals surface area contributed by atoms with Gasteiger partial charge in [-0.3, -0.25) is 0 Å². The number of nitrogens with zero attached hydrogens (tertiary/aromatic N) is 4. The van der Waals surface area contributed by atoms with Crippen LogP contribution in [0.2, 0.25) is 0 Å². The lowest BCUT2D eigenvalue weighted by molar-refractivity contribution is 0.591. The summed E-state index contributed by atoms with van der Waals surface area (Å²) in [4.78, 5) is 0. The molecule has 5 heteroatoms. The Morgan fingerprint density at radius 2 is 0.852 bits per heavy atom. The highest BCUT2D eigenvalue weighted by molar-refractivity contribution is 7.01. The van der Waals surface area contributed by atoms with Crippen molar-refractivity contribution in [1.82, 2.24) is 9.13 Å². The molecule has 0 aliphatic carbocycles. The third kappa shape index (κ3) is 4.42. The van der Waals surface area contributed by atoms with Crippen LogP contribution in [-0.2, 0) is 5.41 Å². The van der Waals surface area contributed by atoms with Crippen LogP contribution in [0.4, 0.5) is 0 Å². The van der Waals surface area contributed by atoms with Crippen molar-refractivity contribution in [3.8, 4) is 45.8 Å². The summed E-state index contributed by atoms with van der Waals surface area (Å²) in [5, 5.41) is 29.5. The summed E-state index contributed by atoms with van der Waals surface area (Å²) >= 11 is 0. The molecule has 282 valence electrons. The number of fused-ring (bicyclic) bond motifs is 12. The molecular formula is C56H35BN4. The van der Waals surface area contributed by atoms with E-state index in [9.17, 15) is 10.5 Å². The van der Waals surface area contributed by atoms with E-state index in [1.807, 2.05) is 24.3 Å². The van der Waals surface area contributed by atoms with Crippen molar-refractivity contribution >= 4 is 88.3 Å². The van der Waals surface area contributed by atoms with E-state index in [2.05, 4.69) is 176 Å². The number of benzene rings is 9. The zero-order valence-electron chi connectivity index (χ0n) is 33.9. The Hall–Kier alpha value is -7.86. The summed E-state index contributed by atoms with van der Waals surface area (Å²) in [5.74, 6) is 0. The first-order valence-corrected chi connectivity index (χ1v) is 21.0. The number of nitriles is 2. The molecule has 2 aliphatic rings. The second kappa shape index (κ2) is 11.9. The van der Waals surface area contributed by atoms with Crippen molar-refractivity contribution < 1.29 is 0 Å². The summed E-state index contributed by atoms with van der Waals surface area (Å²) in [6, 6.07) is 62.0. The highest BCUT2D eigenvalue weighted by Crippen LogP contribution is 2.48. The zero-order valence-corrected chi connectivity index (χ0v) is 33.9. The van der Waals surface area contributed by atoms with E-state index >= 15 is 0 Å². The van der Waals surface area contributed by atoms with E-state index in [0.29, 0.717) is 11.1 Å². The normalized spacial score (nSPS) is 12.8. The van der Waals surface area contributed by atoms with Gasteiger partial charge in [0.2, 0.25) is 6.71 Å². The van der Waals surface area contributed by atoms with Gasteiger partial charge in [-0.1, -0.05) is 122 Å². The van der Waals surface area contributed by atoms with Crippen LogP contribution in [0.15, 0.2) is 158 Å². The van der Waals surface area contributed by atoms with Crippen LogP contribution in [0.1, 0.15) is 37.5 Å². The first-order valence-electron chi connectivity index (χ1n) is 21.0. The Morgan fingerprint density at radius 3 is 1.28 bits per heavy atom. The molecule has 0 fully saturated rings. The fourth-order valence-corrected chi connectivity index (χ4v) is 11.1. The molecule has 4 nitrogen and oxygen atoms in total. The van der Waals surface area contributed by atoms with Crippen LogP contribution >= 0.6 is 0 Å². The van der Waals surface area contributed by atoms with Crippen LogP contribution in [0.3, 0.4) is 0 Å². The van der Waals surface area contributed by atoms with Crippen molar-refractivity contribution in [1.29, 1.82) is 10.5 Å². The summed E-state index contributed by atoms with van der Waals surface area (Å²) in [5.41, 5.74) is 18.4. The summed E-state index contributed by atoms with van der Waals surface area (Å²) < 4.78 is 4.77. The van der Waals surface area contributed by atoms with Gasteiger partial charge in [-0.25, -0.2) is 0 Å². The molecule has 9 aromatic carbocycles. The molecule has 0 unspecified atom stereocenters. The number of hydrogen-bond donors (Lipinski definition) is 0. The lowest BCUT2D eigenvalue weighted by Gasteiger charge is -2.36. The Morgan fingerprint density at radius 1 is 0.426 bits per heavy atom. The van der Waals surface area contributed by atoms with Crippen molar-refractivity contribution in [3.05, 3.63) is 174 Å². The zero-order chi connectivity index (χ0) is 40.9. The van der Waals surface area contributed by atoms with E-state index < -0.39 is 0 Å². The number of rotatable bonds is 2. The number of aromatic nitrogens is 2. The molecule has 0 spiro atoms. The Labute approximate surface area is 352 Å². The predicted octanol–water partition coefficient (Wildman–Crippen LogP) is 11.7. The molecule has 0 N–H and O–H groups in total. The molecule has 0 atom stereocenters. The molecule has 61 heavy (non-hydrogen) atoms. The van der Waals surface area contributed by atoms with Crippen LogP contribution in [-0.4, -0.2) is 15.8 Å². The van der Waals surface area contributed by atoms with Gasteiger partial charge in [-0.15, -0.1) is 0 Å². The first-order chi connectivity index (χ1) is 29.8. The molecule has 13 rings (SSSR count). The third-order valence-electron chi connectivity index (χ3n) is 13.7. The van der Waals surface area contributed by atoms with E-state index in [1.54, 1.807) is 0 Å². The maximum absolute atomic E-state index is 9.67. The van der Waals surface area contributed by atoms with Gasteiger partial charge in [0, 0.05) is 32.9 Å². The highest BCUT2D eigenvalue weighted by Gasteiger charge is 2.40. The third-order valence-corrected chi connectivity index (χ3v) is 13.7. The summed E-state index contributed by atoms with van der Waals surface area (Å²) in [7, 11) is 0. The molecule has 0 amide bonds. The molecule has 0 saturated carbocycles. The average molecular weight is 775 g/mol. The monoisotopic (exact) mass is 774 g/mol. The van der Waals surface area contributed by atoms with Crippen molar-refractivity contribution in [2.75, 3.05) is 0 Å². The fourth-order valence-electron chi connectivity index (χ4n) is 11.1. The van der Waals surface area contributed by atoms with Crippen LogP contribution in [0.5, 0.6) is 0 Å². The van der Waals surface area contributed by atoms with E-state index in [1.165, 1.54) is 87.3 Å². The largest absolute Gasteiger partial charge is 0.309 e. The molecule has 0 saturated heterocycles. The van der Waals surface area contributed by atoms with Gasteiger partial charge in [0.1, 0.15) is 0 Å². The molecular weight excluding hydrogens is 739 g/mol. The topological polar surface area (TPSA) is 57.4 Å². The van der Waals surface area contributed by atoms with Crippen LogP contribution in [0, 0.1) is 22.7 Å². The Balaban J connectivity index is 1.20. The molecule has 0 radical (unpaired) electrons. The van der Waals surface area contributed by atoms with Crippen LogP contribution in [0.25, 0.3) is 98.8 Å². The molecule has 11 aromatic rings. The van der Waals surface area contributed by atoms with Crippen molar-refractivity contribution in [3.63, 3.8) is 0 Å². The quantitative estimate of drug-likeness (QED) is 0.164. The predicted molar refractivity (Wildman–Crippen MR) is 254 cm³/mol. The second-order valence-corrected chi connectivity index (χ2v) is 17.9. The van der Waals surface area contributed by atoms with Gasteiger partial charge in [0.25, 0.3) is 0 Å². The van der Waals surface area contributed by atoms with Crippen LogP contribution < -0.4 is 16.4 Å². The minimum Gasteiger partial charge on any atom is -0.309 e. The second-order valence-electron chi connectivity index (χ2n) is 17.9. The van der Waals surface area contributed by atoms with Gasteiger partial charge in [0.15, 0.2) is 0 Å². The van der Waals surface area contributed by atoms with E-state index in [0.717, 1.165) is 33.4 Å². The van der Waals surface area contributed by atoms with Gasteiger partial charge < -0.3 is 9.13 Å². The SMILES string of the molecule is CC(C)(C)c1cc2c3c(c1)-c1cc4c(c5cccc(c15)B3c1cccc3c1c-2cc1c3c2ccccc2n1-c1ccc(C#N)cc1)c1ccccc1n4-c1ccc(C#N)cc1. The smallest absolute Gasteiger partial charge is 0.244 e. The molecule has 0 bridgehead atoms. The lowest BCUT2D eigenvalue weighted by atomic mass is 9.31. The van der Waals surface area contributed by atoms with Crippen molar-refractivity contribution in [2.24, 2.45) is 0 Å². The minimum absolute atomic E-state index is 0.0417. The number of hydrogen-bond acceptors (Lipinski definition) is 2. The summed E-state index contributed by atoms with van der Waals surface area (Å²) in [6.07, 6.45) is 0. The average Bonchev–Trinajstić information content (AvgIpc) is 3.81. The standard InChI is InChI=1S/C56H35BN4/c1-56(2,3)34-26-43-41-28-49-53(37-10-4-6-16-47(37)60(49)35-22-18-32(30-58)19-23-35)39-12-8-14-45(51(39)41)57-46-15-9-13-40-52(46)42(44(27-34)55(43)57)29-50-54(40)38-11-5-7-17-48(38)61(50)36-24-20-33(31-59)21-25-36/h4-29H,1-3H3. The summed E-state index contributed by atoms with van der Waals surface area (Å²) in [6.45, 7) is 7.03. The van der Waals surface area contributed by atoms with Gasteiger partial charge >= 0.3 is 0 Å². The van der Waals surface area contributed by atoms with Gasteiger partial charge in [0.05, 0.1) is 45.3 Å². The van der Waals surface area contributed by atoms with E-state index in [-0.39, 0.29) is 12.1 Å². The molecule has 4 heterocycles. The van der Waals surface area contributed by atoms with E-state index in [4.69, 9.17) is 0 Å². The molecule has 2 aliphatic heterocycles. The first kappa shape index (κ1) is 34.1. The van der Waals surface area contributed by atoms with Crippen molar-refractivity contribution in [2.45, 2.75) is 26.2 Å². The highest BCUT2D eigenvalue weighted by atomic mass is 15.0. The number of para-hydroxylation sites is 2. The minimum atomic E-state index is -0.115. The van der Waals surface area contributed by atoms with Gasteiger partial charge in [-0.05, 0) is 128 Å². The maximum Gasteiger partial charge on any atom is 0.244 e. The Bertz CT molecular complexity index is 3620. The fraction of sp³-hybridized carbons (Fsp3) is 0.0714. The maximum atomic E-state index is 9.67. The Kier molecular flexibility index (Phi) is 6.63. The van der Waals surface area contributed by atoms with Gasteiger partial charge in [-0.2, -0.15) is 10.5 Å².